The minimum absolute atomic E-state index is 0.136. The van der Waals surface area contributed by atoms with Gasteiger partial charge < -0.3 is 5.32 Å². The van der Waals surface area contributed by atoms with Crippen LogP contribution in [0.5, 0.6) is 0 Å². The lowest BCUT2D eigenvalue weighted by molar-refractivity contribution is -0.121. The van der Waals surface area contributed by atoms with Gasteiger partial charge in [0.05, 0.1) is 0 Å². The Morgan fingerprint density at radius 2 is 2.00 bits per heavy atom. The van der Waals surface area contributed by atoms with Gasteiger partial charge in [-0.2, -0.15) is 0 Å². The number of unbranched alkanes of at least 4 members (excludes halogenated alkanes) is 4. The SMILES string of the molecule is C#CCCNC(=O)CCCCCCC. The summed E-state index contributed by atoms with van der Waals surface area (Å²) < 4.78 is 0. The zero-order valence-corrected chi connectivity index (χ0v) is 9.14. The molecule has 14 heavy (non-hydrogen) atoms. The summed E-state index contributed by atoms with van der Waals surface area (Å²) in [6, 6.07) is 0. The summed E-state index contributed by atoms with van der Waals surface area (Å²) in [6.45, 7) is 2.80. The Hall–Kier alpha value is -0.970. The van der Waals surface area contributed by atoms with Gasteiger partial charge in [-0.3, -0.25) is 4.79 Å². The number of hydrogen-bond acceptors (Lipinski definition) is 1. The summed E-state index contributed by atoms with van der Waals surface area (Å²) in [7, 11) is 0. The maximum atomic E-state index is 11.2. The zero-order chi connectivity index (χ0) is 10.6. The maximum absolute atomic E-state index is 11.2. The fourth-order valence-electron chi connectivity index (χ4n) is 1.25. The van der Waals surface area contributed by atoms with Gasteiger partial charge >= 0.3 is 0 Å². The highest BCUT2D eigenvalue weighted by Crippen LogP contribution is 2.04. The van der Waals surface area contributed by atoms with Crippen molar-refractivity contribution >= 4 is 5.91 Å². The van der Waals surface area contributed by atoms with Gasteiger partial charge in [-0.1, -0.05) is 32.6 Å². The van der Waals surface area contributed by atoms with E-state index < -0.39 is 0 Å². The summed E-state index contributed by atoms with van der Waals surface area (Å²) in [4.78, 5) is 11.2. The average Bonchev–Trinajstić information content (AvgIpc) is 2.18. The van der Waals surface area contributed by atoms with Crippen LogP contribution in [-0.4, -0.2) is 12.5 Å². The van der Waals surface area contributed by atoms with Crippen molar-refractivity contribution in [3.05, 3.63) is 0 Å². The van der Waals surface area contributed by atoms with Gasteiger partial charge in [0.2, 0.25) is 5.91 Å². The highest BCUT2D eigenvalue weighted by atomic mass is 16.1. The van der Waals surface area contributed by atoms with Gasteiger partial charge in [-0.15, -0.1) is 12.3 Å². The Bertz CT molecular complexity index is 181. The van der Waals surface area contributed by atoms with Crippen LogP contribution in [0.4, 0.5) is 0 Å². The third kappa shape index (κ3) is 9.12. The number of carbonyl (C=O) groups excluding carboxylic acids is 1. The molecule has 1 N–H and O–H groups in total. The zero-order valence-electron chi connectivity index (χ0n) is 9.14. The largest absolute Gasteiger partial charge is 0.355 e. The molecule has 0 saturated heterocycles. The summed E-state index contributed by atoms with van der Waals surface area (Å²) in [5.74, 6) is 2.63. The summed E-state index contributed by atoms with van der Waals surface area (Å²) >= 11 is 0. The fourth-order valence-corrected chi connectivity index (χ4v) is 1.25. The van der Waals surface area contributed by atoms with E-state index in [2.05, 4.69) is 18.2 Å². The van der Waals surface area contributed by atoms with Gasteiger partial charge in [0, 0.05) is 19.4 Å². The van der Waals surface area contributed by atoms with E-state index in [4.69, 9.17) is 6.42 Å². The van der Waals surface area contributed by atoms with Crippen LogP contribution in [0.15, 0.2) is 0 Å². The number of hydrogen-bond donors (Lipinski definition) is 1. The summed E-state index contributed by atoms with van der Waals surface area (Å²) in [5, 5.41) is 2.79. The lowest BCUT2D eigenvalue weighted by atomic mass is 10.1. The molecule has 0 aliphatic carbocycles. The third-order valence-corrected chi connectivity index (χ3v) is 2.10. The van der Waals surface area contributed by atoms with E-state index in [9.17, 15) is 4.79 Å². The molecule has 0 rings (SSSR count). The number of carbonyl (C=O) groups is 1. The predicted molar refractivity (Wildman–Crippen MR) is 59.8 cm³/mol. The van der Waals surface area contributed by atoms with Crippen LogP contribution in [0.3, 0.4) is 0 Å². The Morgan fingerprint density at radius 3 is 2.64 bits per heavy atom. The molecule has 0 radical (unpaired) electrons. The smallest absolute Gasteiger partial charge is 0.220 e. The van der Waals surface area contributed by atoms with Crippen molar-refractivity contribution in [2.24, 2.45) is 0 Å². The van der Waals surface area contributed by atoms with Gasteiger partial charge in [0.25, 0.3) is 0 Å². The quantitative estimate of drug-likeness (QED) is 0.468. The van der Waals surface area contributed by atoms with Crippen molar-refractivity contribution < 1.29 is 4.79 Å². The number of terminal acetylenes is 1. The van der Waals surface area contributed by atoms with Crippen molar-refractivity contribution in [1.82, 2.24) is 5.32 Å². The molecule has 2 nitrogen and oxygen atoms in total. The molecule has 0 spiro atoms. The minimum Gasteiger partial charge on any atom is -0.355 e. The van der Waals surface area contributed by atoms with E-state index in [-0.39, 0.29) is 5.91 Å². The van der Waals surface area contributed by atoms with Gasteiger partial charge in [-0.05, 0) is 6.42 Å². The maximum Gasteiger partial charge on any atom is 0.220 e. The Morgan fingerprint density at radius 1 is 1.29 bits per heavy atom. The summed E-state index contributed by atoms with van der Waals surface area (Å²) in [6.07, 6.45) is 12.3. The van der Waals surface area contributed by atoms with E-state index in [1.165, 1.54) is 19.3 Å². The highest BCUT2D eigenvalue weighted by Gasteiger charge is 1.98. The van der Waals surface area contributed by atoms with Crippen LogP contribution < -0.4 is 5.32 Å². The molecular weight excluding hydrogens is 174 g/mol. The van der Waals surface area contributed by atoms with Crippen molar-refractivity contribution in [2.75, 3.05) is 6.54 Å². The Labute approximate surface area is 87.5 Å². The van der Waals surface area contributed by atoms with Crippen molar-refractivity contribution in [2.45, 2.75) is 51.9 Å². The molecule has 0 unspecified atom stereocenters. The molecule has 0 aromatic heterocycles. The molecule has 0 heterocycles. The van der Waals surface area contributed by atoms with Crippen LogP contribution >= 0.6 is 0 Å². The second kappa shape index (κ2) is 10.1. The van der Waals surface area contributed by atoms with Gasteiger partial charge in [0.15, 0.2) is 0 Å². The van der Waals surface area contributed by atoms with Crippen LogP contribution in [0.1, 0.15) is 51.9 Å². The first-order valence-electron chi connectivity index (χ1n) is 5.51. The minimum atomic E-state index is 0.136. The monoisotopic (exact) mass is 195 g/mol. The normalized spacial score (nSPS) is 9.43. The molecule has 0 bridgehead atoms. The molecule has 0 atom stereocenters. The molecule has 80 valence electrons. The molecule has 0 aromatic rings. The van der Waals surface area contributed by atoms with E-state index in [0.29, 0.717) is 19.4 Å². The second-order valence-electron chi connectivity index (χ2n) is 3.47. The second-order valence-corrected chi connectivity index (χ2v) is 3.47. The van der Waals surface area contributed by atoms with E-state index in [1.54, 1.807) is 0 Å². The molecule has 0 aliphatic rings. The van der Waals surface area contributed by atoms with E-state index >= 15 is 0 Å². The number of rotatable bonds is 8. The molecule has 0 fully saturated rings. The fraction of sp³-hybridized carbons (Fsp3) is 0.750. The molecule has 0 saturated carbocycles. The van der Waals surface area contributed by atoms with E-state index in [1.807, 2.05) is 0 Å². The van der Waals surface area contributed by atoms with Crippen LogP contribution in [-0.2, 0) is 4.79 Å². The highest BCUT2D eigenvalue weighted by molar-refractivity contribution is 5.75. The molecular formula is C12H21NO. The first-order chi connectivity index (χ1) is 6.81. The number of amides is 1. The average molecular weight is 195 g/mol. The molecule has 1 amide bonds. The van der Waals surface area contributed by atoms with Crippen molar-refractivity contribution in [1.29, 1.82) is 0 Å². The first-order valence-corrected chi connectivity index (χ1v) is 5.51. The van der Waals surface area contributed by atoms with Gasteiger partial charge in [0.1, 0.15) is 0 Å². The molecule has 0 aliphatic heterocycles. The molecule has 2 heteroatoms. The summed E-state index contributed by atoms with van der Waals surface area (Å²) in [5.41, 5.74) is 0. The number of nitrogens with one attached hydrogen (secondary N) is 1. The Balaban J connectivity index is 3.15. The predicted octanol–water partition coefficient (Wildman–Crippen LogP) is 2.49. The third-order valence-electron chi connectivity index (χ3n) is 2.10. The Kier molecular flexibility index (Phi) is 9.41. The lowest BCUT2D eigenvalue weighted by Gasteiger charge is -2.02. The lowest BCUT2D eigenvalue weighted by Crippen LogP contribution is -2.23. The van der Waals surface area contributed by atoms with Crippen LogP contribution in [0, 0.1) is 12.3 Å². The van der Waals surface area contributed by atoms with Crippen molar-refractivity contribution in [3.63, 3.8) is 0 Å². The van der Waals surface area contributed by atoms with E-state index in [0.717, 1.165) is 12.8 Å². The topological polar surface area (TPSA) is 29.1 Å². The van der Waals surface area contributed by atoms with Crippen LogP contribution in [0.2, 0.25) is 0 Å². The molecule has 0 aromatic carbocycles. The van der Waals surface area contributed by atoms with Crippen LogP contribution in [0.25, 0.3) is 0 Å². The first kappa shape index (κ1) is 13.0. The van der Waals surface area contributed by atoms with Crippen molar-refractivity contribution in [3.8, 4) is 12.3 Å². The van der Waals surface area contributed by atoms with Gasteiger partial charge in [-0.25, -0.2) is 0 Å². The standard InChI is InChI=1S/C12H21NO/c1-3-5-7-8-9-10-12(14)13-11-6-4-2/h2H,3,5-11H2,1H3,(H,13,14).